The molecule has 0 aromatic heterocycles. The Hall–Kier alpha value is -1.70. The predicted molar refractivity (Wildman–Crippen MR) is 77.4 cm³/mol. The summed E-state index contributed by atoms with van der Waals surface area (Å²) in [5, 5.41) is 0. The van der Waals surface area contributed by atoms with Gasteiger partial charge < -0.3 is 4.74 Å². The minimum absolute atomic E-state index is 0.553. The lowest BCUT2D eigenvalue weighted by molar-refractivity contribution is 0.415. The van der Waals surface area contributed by atoms with E-state index in [0.29, 0.717) is 6.71 Å². The standard InChI is InChI=1S/C16H17BO/c1-18-16-11-9-15(10-12-16)17(14-7-8-14)13-5-3-2-4-6-13/h2-6,9-12,14H,7-8H2,1H3. The van der Waals surface area contributed by atoms with Gasteiger partial charge in [-0.3, -0.25) is 0 Å². The summed E-state index contributed by atoms with van der Waals surface area (Å²) in [7, 11) is 1.71. The van der Waals surface area contributed by atoms with E-state index in [-0.39, 0.29) is 0 Å². The lowest BCUT2D eigenvalue weighted by Crippen LogP contribution is -2.42. The first-order valence-corrected chi connectivity index (χ1v) is 6.57. The van der Waals surface area contributed by atoms with Crippen molar-refractivity contribution in [2.45, 2.75) is 18.7 Å². The van der Waals surface area contributed by atoms with E-state index >= 15 is 0 Å². The second-order valence-electron chi connectivity index (χ2n) is 5.00. The fourth-order valence-corrected chi connectivity index (χ4v) is 2.64. The molecule has 0 saturated heterocycles. The highest BCUT2D eigenvalue weighted by Gasteiger charge is 2.36. The molecule has 0 spiro atoms. The zero-order valence-corrected chi connectivity index (χ0v) is 10.7. The molecule has 0 bridgehead atoms. The quantitative estimate of drug-likeness (QED) is 0.741. The largest absolute Gasteiger partial charge is 0.497 e. The van der Waals surface area contributed by atoms with Crippen LogP contribution in [0.2, 0.25) is 5.82 Å². The first kappa shape index (κ1) is 11.4. The fraction of sp³-hybridized carbons (Fsp3) is 0.250. The minimum Gasteiger partial charge on any atom is -0.497 e. The molecular weight excluding hydrogens is 219 g/mol. The van der Waals surface area contributed by atoms with E-state index in [0.717, 1.165) is 11.6 Å². The van der Waals surface area contributed by atoms with Gasteiger partial charge >= 0.3 is 0 Å². The maximum Gasteiger partial charge on any atom is 0.212 e. The molecule has 2 aromatic rings. The van der Waals surface area contributed by atoms with Crippen LogP contribution >= 0.6 is 0 Å². The van der Waals surface area contributed by atoms with Crippen LogP contribution in [0.5, 0.6) is 5.75 Å². The molecule has 90 valence electrons. The molecule has 0 heterocycles. The number of methoxy groups -OCH3 is 1. The van der Waals surface area contributed by atoms with Gasteiger partial charge in [0.2, 0.25) is 6.71 Å². The molecule has 0 atom stereocenters. The summed E-state index contributed by atoms with van der Waals surface area (Å²) in [6.45, 7) is 0.553. The summed E-state index contributed by atoms with van der Waals surface area (Å²) in [5.74, 6) is 1.75. The first-order valence-electron chi connectivity index (χ1n) is 6.57. The summed E-state index contributed by atoms with van der Waals surface area (Å²) in [6.07, 6.45) is 2.71. The van der Waals surface area contributed by atoms with Crippen molar-refractivity contribution in [3.05, 3.63) is 54.6 Å². The second kappa shape index (κ2) is 4.89. The van der Waals surface area contributed by atoms with Crippen molar-refractivity contribution >= 4 is 17.6 Å². The van der Waals surface area contributed by atoms with Gasteiger partial charge in [-0.1, -0.05) is 72.0 Å². The lowest BCUT2D eigenvalue weighted by atomic mass is 9.37. The SMILES string of the molecule is COc1ccc(B(c2ccccc2)C2CC2)cc1. The van der Waals surface area contributed by atoms with Gasteiger partial charge in [0.05, 0.1) is 7.11 Å². The third-order valence-electron chi connectivity index (χ3n) is 3.73. The second-order valence-corrected chi connectivity index (χ2v) is 5.00. The van der Waals surface area contributed by atoms with Crippen LogP contribution in [0.1, 0.15) is 12.8 Å². The van der Waals surface area contributed by atoms with Crippen LogP contribution in [0.3, 0.4) is 0 Å². The van der Waals surface area contributed by atoms with Crippen molar-refractivity contribution in [1.82, 2.24) is 0 Å². The third-order valence-corrected chi connectivity index (χ3v) is 3.73. The Kier molecular flexibility index (Phi) is 3.10. The van der Waals surface area contributed by atoms with Crippen LogP contribution < -0.4 is 15.7 Å². The number of rotatable bonds is 4. The summed E-state index contributed by atoms with van der Waals surface area (Å²) < 4.78 is 5.23. The van der Waals surface area contributed by atoms with Crippen LogP contribution in [-0.4, -0.2) is 13.8 Å². The smallest absolute Gasteiger partial charge is 0.212 e. The maximum absolute atomic E-state index is 5.23. The number of hydrogen-bond donors (Lipinski definition) is 0. The third kappa shape index (κ3) is 2.28. The maximum atomic E-state index is 5.23. The van der Waals surface area contributed by atoms with Crippen LogP contribution in [0.4, 0.5) is 0 Å². The van der Waals surface area contributed by atoms with Crippen LogP contribution in [0.25, 0.3) is 0 Å². The average Bonchev–Trinajstić information content (AvgIpc) is 3.26. The lowest BCUT2D eigenvalue weighted by Gasteiger charge is -2.14. The summed E-state index contributed by atoms with van der Waals surface area (Å²) in [4.78, 5) is 0. The molecule has 1 saturated carbocycles. The van der Waals surface area contributed by atoms with E-state index in [4.69, 9.17) is 4.74 Å². The normalized spacial score (nSPS) is 14.3. The highest BCUT2D eigenvalue weighted by molar-refractivity contribution is 6.86. The number of benzene rings is 2. The summed E-state index contributed by atoms with van der Waals surface area (Å²) >= 11 is 0. The Labute approximate surface area is 109 Å². The molecule has 1 fully saturated rings. The van der Waals surface area contributed by atoms with Gasteiger partial charge in [0, 0.05) is 0 Å². The fourth-order valence-electron chi connectivity index (χ4n) is 2.64. The topological polar surface area (TPSA) is 9.23 Å². The molecule has 0 amide bonds. The highest BCUT2D eigenvalue weighted by Crippen LogP contribution is 2.38. The molecule has 18 heavy (non-hydrogen) atoms. The van der Waals surface area contributed by atoms with E-state index in [2.05, 4.69) is 54.6 Å². The molecule has 0 unspecified atom stereocenters. The summed E-state index contributed by atoms with van der Waals surface area (Å²) in [5.41, 5.74) is 2.84. The predicted octanol–water partition coefficient (Wildman–Crippen LogP) is 2.47. The highest BCUT2D eigenvalue weighted by atomic mass is 16.5. The van der Waals surface area contributed by atoms with E-state index in [1.54, 1.807) is 7.11 Å². The molecule has 2 aromatic carbocycles. The van der Waals surface area contributed by atoms with E-state index in [9.17, 15) is 0 Å². The summed E-state index contributed by atoms with van der Waals surface area (Å²) in [6, 6.07) is 19.4. The van der Waals surface area contributed by atoms with Crippen molar-refractivity contribution in [3.8, 4) is 5.75 Å². The Balaban J connectivity index is 1.94. The first-order chi connectivity index (χ1) is 8.88. The molecule has 3 rings (SSSR count). The zero-order valence-electron chi connectivity index (χ0n) is 10.7. The molecule has 1 nitrogen and oxygen atoms in total. The Morgan fingerprint density at radius 3 is 2.06 bits per heavy atom. The average molecular weight is 236 g/mol. The van der Waals surface area contributed by atoms with E-state index in [1.807, 2.05) is 0 Å². The molecule has 0 radical (unpaired) electrons. The van der Waals surface area contributed by atoms with Crippen molar-refractivity contribution in [1.29, 1.82) is 0 Å². The number of hydrogen-bond acceptors (Lipinski definition) is 1. The molecule has 0 N–H and O–H groups in total. The van der Waals surface area contributed by atoms with E-state index in [1.165, 1.54) is 23.8 Å². The van der Waals surface area contributed by atoms with E-state index < -0.39 is 0 Å². The van der Waals surface area contributed by atoms with Crippen LogP contribution in [0, 0.1) is 0 Å². The minimum atomic E-state index is 0.553. The monoisotopic (exact) mass is 236 g/mol. The Bertz CT molecular complexity index is 502. The van der Waals surface area contributed by atoms with Crippen molar-refractivity contribution in [3.63, 3.8) is 0 Å². The molecule has 0 aliphatic heterocycles. The van der Waals surface area contributed by atoms with Gasteiger partial charge in [0.25, 0.3) is 0 Å². The molecule has 1 aliphatic rings. The Morgan fingerprint density at radius 2 is 1.50 bits per heavy atom. The number of ether oxygens (including phenoxy) is 1. The molecule has 1 aliphatic carbocycles. The van der Waals surface area contributed by atoms with Crippen molar-refractivity contribution < 1.29 is 4.74 Å². The van der Waals surface area contributed by atoms with Gasteiger partial charge in [-0.15, -0.1) is 0 Å². The Morgan fingerprint density at radius 1 is 0.889 bits per heavy atom. The molecule has 2 heteroatoms. The van der Waals surface area contributed by atoms with Gasteiger partial charge in [-0.25, -0.2) is 0 Å². The van der Waals surface area contributed by atoms with Gasteiger partial charge in [-0.05, 0) is 12.1 Å². The van der Waals surface area contributed by atoms with Crippen molar-refractivity contribution in [2.75, 3.05) is 7.11 Å². The molecular formula is C16H17BO. The van der Waals surface area contributed by atoms with Crippen LogP contribution in [0.15, 0.2) is 54.6 Å². The van der Waals surface area contributed by atoms with Gasteiger partial charge in [0.15, 0.2) is 0 Å². The zero-order chi connectivity index (χ0) is 12.4. The van der Waals surface area contributed by atoms with Gasteiger partial charge in [0.1, 0.15) is 5.75 Å². The van der Waals surface area contributed by atoms with Gasteiger partial charge in [-0.2, -0.15) is 0 Å². The van der Waals surface area contributed by atoms with Crippen molar-refractivity contribution in [2.24, 2.45) is 0 Å². The van der Waals surface area contributed by atoms with Crippen LogP contribution in [-0.2, 0) is 0 Å².